The first-order chi connectivity index (χ1) is 10.1. The number of pyridine rings is 1. The van der Waals surface area contributed by atoms with Crippen molar-refractivity contribution in [1.82, 2.24) is 14.6 Å². The first kappa shape index (κ1) is 12.9. The van der Waals surface area contributed by atoms with E-state index in [1.807, 2.05) is 0 Å². The normalized spacial score (nSPS) is 10.7. The van der Waals surface area contributed by atoms with Crippen molar-refractivity contribution in [2.45, 2.75) is 0 Å². The van der Waals surface area contributed by atoms with E-state index in [0.717, 1.165) is 5.56 Å². The zero-order chi connectivity index (χ0) is 15.0. The number of carboxylic acid groups (broad SMARTS) is 1. The lowest BCUT2D eigenvalue weighted by molar-refractivity contribution is 0.0688. The van der Waals surface area contributed by atoms with Gasteiger partial charge in [-0.25, -0.2) is 9.31 Å². The van der Waals surface area contributed by atoms with Crippen molar-refractivity contribution in [1.29, 1.82) is 0 Å². The van der Waals surface area contributed by atoms with Gasteiger partial charge in [0.05, 0.1) is 7.11 Å². The molecule has 0 spiro atoms. The number of hydrogen-bond donors (Lipinski definition) is 2. The summed E-state index contributed by atoms with van der Waals surface area (Å²) in [5.74, 6) is -0.373. The van der Waals surface area contributed by atoms with Gasteiger partial charge in [-0.3, -0.25) is 0 Å². The summed E-state index contributed by atoms with van der Waals surface area (Å²) in [6.07, 6.45) is 0. The lowest BCUT2D eigenvalue weighted by Gasteiger charge is -2.08. The molecule has 7 heteroatoms. The molecule has 0 bridgehead atoms. The van der Waals surface area contributed by atoms with Crippen LogP contribution >= 0.6 is 0 Å². The van der Waals surface area contributed by atoms with E-state index in [1.165, 1.54) is 4.52 Å². The van der Waals surface area contributed by atoms with Crippen LogP contribution in [-0.4, -0.2) is 32.8 Å². The fraction of sp³-hybridized carbons (Fsp3) is 0.0714. The van der Waals surface area contributed by atoms with Crippen molar-refractivity contribution in [3.63, 3.8) is 0 Å². The van der Waals surface area contributed by atoms with E-state index in [0.29, 0.717) is 17.0 Å². The lowest BCUT2D eigenvalue weighted by atomic mass is 10.0. The van der Waals surface area contributed by atoms with E-state index in [2.05, 4.69) is 10.1 Å². The Labute approximate surface area is 119 Å². The standard InChI is InChI=1S/C14H12N4O3/c1-21-9-4-2-8(3-5-9)10-6-7-11-16-14(15)17-18(11)12(10)13(19)20/h2-7H,1H3,(H2,15,17)(H,19,20). The van der Waals surface area contributed by atoms with E-state index in [-0.39, 0.29) is 11.6 Å². The van der Waals surface area contributed by atoms with Gasteiger partial charge in [0, 0.05) is 5.56 Å². The number of aromatic nitrogens is 3. The minimum atomic E-state index is -1.10. The van der Waals surface area contributed by atoms with Crippen molar-refractivity contribution in [2.24, 2.45) is 0 Å². The third kappa shape index (κ3) is 2.14. The molecule has 3 aromatic rings. The Kier molecular flexibility index (Phi) is 2.94. The number of nitrogens with two attached hydrogens (primary N) is 1. The Morgan fingerprint density at radius 3 is 2.57 bits per heavy atom. The maximum absolute atomic E-state index is 11.6. The van der Waals surface area contributed by atoms with Gasteiger partial charge in [0.15, 0.2) is 11.3 Å². The number of anilines is 1. The number of nitrogens with zero attached hydrogens (tertiary/aromatic N) is 3. The average Bonchev–Trinajstić information content (AvgIpc) is 2.86. The summed E-state index contributed by atoms with van der Waals surface area (Å²) < 4.78 is 6.33. The van der Waals surface area contributed by atoms with Crippen molar-refractivity contribution in [3.05, 3.63) is 42.1 Å². The molecule has 0 amide bonds. The number of methoxy groups -OCH3 is 1. The molecule has 0 fully saturated rings. The number of ether oxygens (including phenoxy) is 1. The first-order valence-corrected chi connectivity index (χ1v) is 6.13. The highest BCUT2D eigenvalue weighted by Gasteiger charge is 2.18. The number of carbonyl (C=O) groups is 1. The molecule has 0 aliphatic heterocycles. The zero-order valence-corrected chi connectivity index (χ0v) is 11.1. The van der Waals surface area contributed by atoms with E-state index in [1.54, 1.807) is 43.5 Å². The van der Waals surface area contributed by atoms with Crippen LogP contribution in [0.15, 0.2) is 36.4 Å². The second-order valence-corrected chi connectivity index (χ2v) is 4.37. The molecule has 7 nitrogen and oxygen atoms in total. The molecule has 0 atom stereocenters. The van der Waals surface area contributed by atoms with Gasteiger partial charge in [0.2, 0.25) is 5.95 Å². The highest BCUT2D eigenvalue weighted by Crippen LogP contribution is 2.26. The molecule has 0 saturated heterocycles. The van der Waals surface area contributed by atoms with Gasteiger partial charge in [-0.2, -0.15) is 4.98 Å². The number of hydrogen-bond acceptors (Lipinski definition) is 5. The van der Waals surface area contributed by atoms with Crippen LogP contribution in [0, 0.1) is 0 Å². The van der Waals surface area contributed by atoms with Crippen LogP contribution in [0.25, 0.3) is 16.8 Å². The number of rotatable bonds is 3. The van der Waals surface area contributed by atoms with Gasteiger partial charge in [-0.05, 0) is 29.8 Å². The Balaban J connectivity index is 2.25. The lowest BCUT2D eigenvalue weighted by Crippen LogP contribution is -2.09. The van der Waals surface area contributed by atoms with Gasteiger partial charge in [-0.15, -0.1) is 5.10 Å². The Hall–Kier alpha value is -3.09. The van der Waals surface area contributed by atoms with E-state index >= 15 is 0 Å². The van der Waals surface area contributed by atoms with Crippen LogP contribution < -0.4 is 10.5 Å². The van der Waals surface area contributed by atoms with Crippen molar-refractivity contribution < 1.29 is 14.6 Å². The topological polar surface area (TPSA) is 103 Å². The van der Waals surface area contributed by atoms with Gasteiger partial charge in [0.1, 0.15) is 5.75 Å². The summed E-state index contributed by atoms with van der Waals surface area (Å²) in [6, 6.07) is 10.5. The summed E-state index contributed by atoms with van der Waals surface area (Å²) in [5, 5.41) is 13.4. The number of fused-ring (bicyclic) bond motifs is 1. The van der Waals surface area contributed by atoms with Crippen molar-refractivity contribution in [3.8, 4) is 16.9 Å². The number of nitrogen functional groups attached to an aromatic ring is 1. The van der Waals surface area contributed by atoms with Gasteiger partial charge in [-0.1, -0.05) is 12.1 Å². The average molecular weight is 284 g/mol. The van der Waals surface area contributed by atoms with Crippen LogP contribution in [0.4, 0.5) is 5.95 Å². The van der Waals surface area contributed by atoms with Crippen LogP contribution in [-0.2, 0) is 0 Å². The minimum Gasteiger partial charge on any atom is -0.497 e. The molecule has 2 aromatic heterocycles. The third-order valence-electron chi connectivity index (χ3n) is 3.12. The van der Waals surface area contributed by atoms with E-state index in [4.69, 9.17) is 10.5 Å². The smallest absolute Gasteiger partial charge is 0.355 e. The molecule has 106 valence electrons. The van der Waals surface area contributed by atoms with Crippen molar-refractivity contribution >= 4 is 17.6 Å². The Bertz CT molecular complexity index is 824. The first-order valence-electron chi connectivity index (χ1n) is 6.13. The number of carboxylic acids is 1. The van der Waals surface area contributed by atoms with Crippen LogP contribution in [0.2, 0.25) is 0 Å². The molecule has 0 saturated carbocycles. The van der Waals surface area contributed by atoms with Crippen LogP contribution in [0.5, 0.6) is 5.75 Å². The molecule has 21 heavy (non-hydrogen) atoms. The summed E-state index contributed by atoms with van der Waals surface area (Å²) in [6.45, 7) is 0. The fourth-order valence-electron chi connectivity index (χ4n) is 2.17. The van der Waals surface area contributed by atoms with E-state index in [9.17, 15) is 9.90 Å². The summed E-state index contributed by atoms with van der Waals surface area (Å²) in [4.78, 5) is 15.6. The summed E-state index contributed by atoms with van der Waals surface area (Å²) >= 11 is 0. The second-order valence-electron chi connectivity index (χ2n) is 4.37. The molecule has 0 aliphatic carbocycles. The molecule has 1 aromatic carbocycles. The summed E-state index contributed by atoms with van der Waals surface area (Å²) in [7, 11) is 1.57. The Morgan fingerprint density at radius 2 is 1.95 bits per heavy atom. The quantitative estimate of drug-likeness (QED) is 0.758. The third-order valence-corrected chi connectivity index (χ3v) is 3.12. The highest BCUT2D eigenvalue weighted by molar-refractivity contribution is 5.95. The molecular formula is C14H12N4O3. The zero-order valence-electron chi connectivity index (χ0n) is 11.1. The number of benzene rings is 1. The molecule has 0 aliphatic rings. The molecule has 2 heterocycles. The monoisotopic (exact) mass is 284 g/mol. The molecule has 3 rings (SSSR count). The molecule has 0 unspecified atom stereocenters. The second kappa shape index (κ2) is 4.78. The SMILES string of the molecule is COc1ccc(-c2ccc3nc(N)nn3c2C(=O)O)cc1. The number of aromatic carboxylic acids is 1. The Morgan fingerprint density at radius 1 is 1.24 bits per heavy atom. The summed E-state index contributed by atoms with van der Waals surface area (Å²) in [5.41, 5.74) is 7.21. The highest BCUT2D eigenvalue weighted by atomic mass is 16.5. The van der Waals surface area contributed by atoms with Gasteiger partial charge >= 0.3 is 5.97 Å². The predicted molar refractivity (Wildman–Crippen MR) is 76.3 cm³/mol. The molecular weight excluding hydrogens is 272 g/mol. The largest absolute Gasteiger partial charge is 0.497 e. The maximum atomic E-state index is 11.6. The van der Waals surface area contributed by atoms with Crippen LogP contribution in [0.3, 0.4) is 0 Å². The molecule has 0 radical (unpaired) electrons. The minimum absolute atomic E-state index is 0.0156. The maximum Gasteiger partial charge on any atom is 0.355 e. The fourth-order valence-corrected chi connectivity index (χ4v) is 2.17. The van der Waals surface area contributed by atoms with E-state index < -0.39 is 5.97 Å². The van der Waals surface area contributed by atoms with Crippen LogP contribution in [0.1, 0.15) is 10.5 Å². The molecule has 3 N–H and O–H groups in total. The van der Waals surface area contributed by atoms with Gasteiger partial charge in [0.25, 0.3) is 0 Å². The predicted octanol–water partition coefficient (Wildman–Crippen LogP) is 1.69. The van der Waals surface area contributed by atoms with Crippen molar-refractivity contribution in [2.75, 3.05) is 12.8 Å². The van der Waals surface area contributed by atoms with Gasteiger partial charge < -0.3 is 15.6 Å².